The normalized spacial score (nSPS) is 16.7. The standard InChI is InChI=1S/C19H22FN3O3S.ClH/c1-13-11-15(20)6-9-18(13)27(25,26)23-16-7-4-14(5-8-16)19(24)22-17-3-2-10-21-12-17;/h4-9,11,17,21,23H,2-3,10,12H2,1H3,(H,22,24);1H. The SMILES string of the molecule is Cc1cc(F)ccc1S(=O)(=O)Nc1ccc(C(=O)NC2CCCNC2)cc1.Cl. The molecule has 1 fully saturated rings. The first-order chi connectivity index (χ1) is 12.8. The van der Waals surface area contributed by atoms with Crippen molar-refractivity contribution in [1.29, 1.82) is 0 Å². The zero-order chi connectivity index (χ0) is 19.4. The number of rotatable bonds is 5. The minimum Gasteiger partial charge on any atom is -0.348 e. The van der Waals surface area contributed by atoms with Gasteiger partial charge in [0.15, 0.2) is 0 Å². The fourth-order valence-corrected chi connectivity index (χ4v) is 4.34. The van der Waals surface area contributed by atoms with Gasteiger partial charge in [-0.2, -0.15) is 0 Å². The number of anilines is 1. The minimum absolute atomic E-state index is 0. The zero-order valence-electron chi connectivity index (χ0n) is 15.4. The summed E-state index contributed by atoms with van der Waals surface area (Å²) in [6.45, 7) is 3.25. The molecule has 0 saturated carbocycles. The first-order valence-corrected chi connectivity index (χ1v) is 10.2. The molecule has 6 nitrogen and oxygen atoms in total. The van der Waals surface area contributed by atoms with E-state index in [1.54, 1.807) is 12.1 Å². The molecular formula is C19H23ClFN3O3S. The number of nitrogens with one attached hydrogen (secondary N) is 3. The predicted molar refractivity (Wildman–Crippen MR) is 109 cm³/mol. The molecule has 28 heavy (non-hydrogen) atoms. The number of hydrogen-bond donors (Lipinski definition) is 3. The number of carbonyl (C=O) groups is 1. The van der Waals surface area contributed by atoms with Crippen molar-refractivity contribution in [3.05, 3.63) is 59.4 Å². The smallest absolute Gasteiger partial charge is 0.262 e. The molecule has 0 aromatic heterocycles. The molecule has 0 bridgehead atoms. The van der Waals surface area contributed by atoms with E-state index in [4.69, 9.17) is 0 Å². The summed E-state index contributed by atoms with van der Waals surface area (Å²) >= 11 is 0. The summed E-state index contributed by atoms with van der Waals surface area (Å²) in [5.41, 5.74) is 1.11. The number of hydrogen-bond acceptors (Lipinski definition) is 4. The van der Waals surface area contributed by atoms with Gasteiger partial charge >= 0.3 is 0 Å². The highest BCUT2D eigenvalue weighted by Crippen LogP contribution is 2.20. The molecule has 1 unspecified atom stereocenters. The van der Waals surface area contributed by atoms with Crippen molar-refractivity contribution in [2.24, 2.45) is 0 Å². The zero-order valence-corrected chi connectivity index (χ0v) is 17.0. The summed E-state index contributed by atoms with van der Waals surface area (Å²) in [6.07, 6.45) is 1.96. The van der Waals surface area contributed by atoms with Crippen molar-refractivity contribution in [2.75, 3.05) is 17.8 Å². The van der Waals surface area contributed by atoms with Crippen LogP contribution in [0.1, 0.15) is 28.8 Å². The third-order valence-corrected chi connectivity index (χ3v) is 6.00. The molecule has 1 heterocycles. The number of halogens is 2. The third kappa shape index (κ3) is 5.43. The largest absolute Gasteiger partial charge is 0.348 e. The van der Waals surface area contributed by atoms with Crippen LogP contribution in [0, 0.1) is 12.7 Å². The van der Waals surface area contributed by atoms with Gasteiger partial charge < -0.3 is 10.6 Å². The molecule has 3 rings (SSSR count). The van der Waals surface area contributed by atoms with Crippen LogP contribution >= 0.6 is 12.4 Å². The second-order valence-electron chi connectivity index (χ2n) is 6.61. The average Bonchev–Trinajstić information content (AvgIpc) is 2.62. The maximum absolute atomic E-state index is 13.2. The van der Waals surface area contributed by atoms with Crippen molar-refractivity contribution in [1.82, 2.24) is 10.6 Å². The number of benzene rings is 2. The molecule has 2 aromatic rings. The molecule has 0 aliphatic carbocycles. The topological polar surface area (TPSA) is 87.3 Å². The van der Waals surface area contributed by atoms with Gasteiger partial charge in [0.25, 0.3) is 15.9 Å². The van der Waals surface area contributed by atoms with E-state index < -0.39 is 15.8 Å². The Labute approximate surface area is 170 Å². The van der Waals surface area contributed by atoms with Crippen LogP contribution in [0.25, 0.3) is 0 Å². The molecule has 9 heteroatoms. The highest BCUT2D eigenvalue weighted by molar-refractivity contribution is 7.92. The molecule has 0 radical (unpaired) electrons. The van der Waals surface area contributed by atoms with E-state index >= 15 is 0 Å². The lowest BCUT2D eigenvalue weighted by molar-refractivity contribution is 0.0930. The van der Waals surface area contributed by atoms with Crippen LogP contribution < -0.4 is 15.4 Å². The lowest BCUT2D eigenvalue weighted by Gasteiger charge is -2.23. The van der Waals surface area contributed by atoms with Crippen LogP contribution in [0.5, 0.6) is 0 Å². The van der Waals surface area contributed by atoms with E-state index in [0.29, 0.717) is 16.8 Å². The van der Waals surface area contributed by atoms with Gasteiger partial charge in [0, 0.05) is 23.8 Å². The molecule has 1 atom stereocenters. The lowest BCUT2D eigenvalue weighted by atomic mass is 10.1. The second-order valence-corrected chi connectivity index (χ2v) is 8.26. The molecule has 152 valence electrons. The van der Waals surface area contributed by atoms with Gasteiger partial charge in [0.1, 0.15) is 5.82 Å². The van der Waals surface area contributed by atoms with E-state index in [1.165, 1.54) is 31.2 Å². The number of amides is 1. The van der Waals surface area contributed by atoms with Crippen LogP contribution in [-0.2, 0) is 10.0 Å². The van der Waals surface area contributed by atoms with Gasteiger partial charge in [0.05, 0.1) is 4.90 Å². The lowest BCUT2D eigenvalue weighted by Crippen LogP contribution is -2.45. The molecule has 1 saturated heterocycles. The number of carbonyl (C=O) groups excluding carboxylic acids is 1. The molecular weight excluding hydrogens is 405 g/mol. The maximum atomic E-state index is 13.2. The Bertz CT molecular complexity index is 930. The third-order valence-electron chi connectivity index (χ3n) is 4.46. The van der Waals surface area contributed by atoms with Gasteiger partial charge in [-0.05, 0) is 74.3 Å². The fraction of sp³-hybridized carbons (Fsp3) is 0.316. The molecule has 0 spiro atoms. The van der Waals surface area contributed by atoms with Crippen molar-refractivity contribution >= 4 is 34.0 Å². The van der Waals surface area contributed by atoms with E-state index in [0.717, 1.165) is 32.0 Å². The Hall–Kier alpha value is -2.16. The molecule has 1 aliphatic heterocycles. The van der Waals surface area contributed by atoms with E-state index in [-0.39, 0.29) is 29.3 Å². The van der Waals surface area contributed by atoms with Gasteiger partial charge in [-0.3, -0.25) is 9.52 Å². The van der Waals surface area contributed by atoms with Crippen LogP contribution in [0.4, 0.5) is 10.1 Å². The minimum atomic E-state index is -3.84. The van der Waals surface area contributed by atoms with Crippen LogP contribution in [-0.4, -0.2) is 33.5 Å². The van der Waals surface area contributed by atoms with Crippen molar-refractivity contribution in [3.8, 4) is 0 Å². The summed E-state index contributed by atoms with van der Waals surface area (Å²) in [5, 5.41) is 6.20. The number of piperidine rings is 1. The molecule has 3 N–H and O–H groups in total. The Balaban J connectivity index is 0.00000280. The number of sulfonamides is 1. The highest BCUT2D eigenvalue weighted by Gasteiger charge is 2.19. The molecule has 1 aliphatic rings. The summed E-state index contributed by atoms with van der Waals surface area (Å²) < 4.78 is 40.6. The first kappa shape index (κ1) is 22.1. The van der Waals surface area contributed by atoms with Crippen molar-refractivity contribution in [3.63, 3.8) is 0 Å². The Kier molecular flexibility index (Phi) is 7.40. The summed E-state index contributed by atoms with van der Waals surface area (Å²) in [7, 11) is -3.84. The quantitative estimate of drug-likeness (QED) is 0.684. The Morgan fingerprint density at radius 2 is 1.89 bits per heavy atom. The average molecular weight is 428 g/mol. The van der Waals surface area contributed by atoms with Gasteiger partial charge in [0.2, 0.25) is 0 Å². The van der Waals surface area contributed by atoms with E-state index in [1.807, 2.05) is 0 Å². The van der Waals surface area contributed by atoms with E-state index in [9.17, 15) is 17.6 Å². The van der Waals surface area contributed by atoms with Crippen LogP contribution in [0.15, 0.2) is 47.4 Å². The Morgan fingerprint density at radius 1 is 1.18 bits per heavy atom. The summed E-state index contributed by atoms with van der Waals surface area (Å²) in [6, 6.07) is 9.81. The monoisotopic (exact) mass is 427 g/mol. The van der Waals surface area contributed by atoms with Gasteiger partial charge in [-0.1, -0.05) is 0 Å². The van der Waals surface area contributed by atoms with Crippen molar-refractivity contribution < 1.29 is 17.6 Å². The predicted octanol–water partition coefficient (Wildman–Crippen LogP) is 2.84. The summed E-state index contributed by atoms with van der Waals surface area (Å²) in [4.78, 5) is 12.3. The first-order valence-electron chi connectivity index (χ1n) is 8.76. The van der Waals surface area contributed by atoms with Crippen LogP contribution in [0.2, 0.25) is 0 Å². The molecule has 1 amide bonds. The maximum Gasteiger partial charge on any atom is 0.262 e. The number of aryl methyl sites for hydroxylation is 1. The van der Waals surface area contributed by atoms with E-state index in [2.05, 4.69) is 15.4 Å². The van der Waals surface area contributed by atoms with Gasteiger partial charge in [-0.25, -0.2) is 12.8 Å². The highest BCUT2D eigenvalue weighted by atomic mass is 35.5. The second kappa shape index (κ2) is 9.36. The fourth-order valence-electron chi connectivity index (χ4n) is 3.06. The summed E-state index contributed by atoms with van der Waals surface area (Å²) in [5.74, 6) is -0.678. The molecule has 2 aromatic carbocycles. The Morgan fingerprint density at radius 3 is 2.50 bits per heavy atom. The van der Waals surface area contributed by atoms with Crippen molar-refractivity contribution in [2.45, 2.75) is 30.7 Å². The van der Waals surface area contributed by atoms with Crippen LogP contribution in [0.3, 0.4) is 0 Å². The van der Waals surface area contributed by atoms with Gasteiger partial charge in [-0.15, -0.1) is 12.4 Å².